The molecule has 0 N–H and O–H groups in total. The van der Waals surface area contributed by atoms with Crippen molar-refractivity contribution >= 4 is 11.7 Å². The van der Waals surface area contributed by atoms with E-state index in [1.807, 2.05) is 0 Å². The first-order valence-corrected chi connectivity index (χ1v) is 5.50. The summed E-state index contributed by atoms with van der Waals surface area (Å²) in [5.41, 5.74) is -0.757. The van der Waals surface area contributed by atoms with Crippen molar-refractivity contribution in [2.75, 3.05) is 14.2 Å². The van der Waals surface area contributed by atoms with Crippen LogP contribution < -0.4 is 0 Å². The van der Waals surface area contributed by atoms with E-state index in [9.17, 15) is 9.59 Å². The number of methoxy groups -OCH3 is 1. The Bertz CT molecular complexity index is 413. The van der Waals surface area contributed by atoms with Crippen LogP contribution in [0.15, 0.2) is 24.0 Å². The van der Waals surface area contributed by atoms with Crippen LogP contribution in [0.5, 0.6) is 0 Å². The Morgan fingerprint density at radius 1 is 1.35 bits per heavy atom. The fraction of sp³-hybridized carbons (Fsp3) is 0.500. The first kappa shape index (κ1) is 11.9. The first-order chi connectivity index (χ1) is 8.14. The Hall–Kier alpha value is -1.62. The summed E-state index contributed by atoms with van der Waals surface area (Å²) in [5, 5.41) is 1.30. The van der Waals surface area contributed by atoms with Crippen LogP contribution in [0.3, 0.4) is 0 Å². The van der Waals surface area contributed by atoms with Crippen LogP contribution in [0, 0.1) is 0 Å². The molecular formula is C12H15NO4. The highest BCUT2D eigenvalue weighted by Crippen LogP contribution is 2.38. The van der Waals surface area contributed by atoms with Gasteiger partial charge in [0, 0.05) is 12.5 Å². The summed E-state index contributed by atoms with van der Waals surface area (Å²) in [4.78, 5) is 28.4. The van der Waals surface area contributed by atoms with Crippen molar-refractivity contribution in [3.05, 3.63) is 24.0 Å². The Balaban J connectivity index is 2.45. The second kappa shape index (κ2) is 4.33. The van der Waals surface area contributed by atoms with Crippen LogP contribution in [0.25, 0.3) is 0 Å². The summed E-state index contributed by atoms with van der Waals surface area (Å²) in [7, 11) is 2.94. The molecule has 0 aromatic rings. The van der Waals surface area contributed by atoms with Crippen molar-refractivity contribution in [3.8, 4) is 0 Å². The lowest BCUT2D eigenvalue weighted by Crippen LogP contribution is -2.55. The number of nitrogens with zero attached hydrogens (tertiary/aromatic N) is 1. The van der Waals surface area contributed by atoms with Gasteiger partial charge < -0.3 is 4.74 Å². The van der Waals surface area contributed by atoms with Crippen molar-refractivity contribution in [1.29, 1.82) is 0 Å². The summed E-state index contributed by atoms with van der Waals surface area (Å²) in [6.07, 6.45) is 6.44. The zero-order chi connectivity index (χ0) is 12.5. The molecule has 92 valence electrons. The molecule has 0 bridgehead atoms. The molecule has 1 amide bonds. The third-order valence-corrected chi connectivity index (χ3v) is 3.16. The number of hydroxylamine groups is 2. The smallest absolute Gasteiger partial charge is 0.247 e. The quantitative estimate of drug-likeness (QED) is 0.718. The van der Waals surface area contributed by atoms with Gasteiger partial charge in [-0.3, -0.25) is 14.4 Å². The van der Waals surface area contributed by atoms with Crippen molar-refractivity contribution in [1.82, 2.24) is 5.06 Å². The van der Waals surface area contributed by atoms with E-state index in [2.05, 4.69) is 0 Å². The fourth-order valence-corrected chi connectivity index (χ4v) is 2.41. The molecule has 1 aliphatic heterocycles. The number of carbonyl (C=O) groups is 2. The summed E-state index contributed by atoms with van der Waals surface area (Å²) in [6.45, 7) is 0. The molecule has 1 heterocycles. The molecular weight excluding hydrogens is 222 g/mol. The number of hydrogen-bond donors (Lipinski definition) is 0. The van der Waals surface area contributed by atoms with E-state index < -0.39 is 5.54 Å². The summed E-state index contributed by atoms with van der Waals surface area (Å²) < 4.78 is 5.25. The molecule has 1 saturated heterocycles. The van der Waals surface area contributed by atoms with Gasteiger partial charge in [-0.15, -0.1) is 0 Å². The number of rotatable bonds is 2. The molecule has 2 rings (SSSR count). The molecule has 1 spiro atoms. The van der Waals surface area contributed by atoms with E-state index in [1.165, 1.54) is 31.4 Å². The van der Waals surface area contributed by atoms with Crippen LogP contribution in [-0.4, -0.2) is 36.5 Å². The van der Waals surface area contributed by atoms with Crippen LogP contribution in [0.4, 0.5) is 0 Å². The lowest BCUT2D eigenvalue weighted by atomic mass is 9.82. The molecule has 1 atom stereocenters. The lowest BCUT2D eigenvalue weighted by Gasteiger charge is -2.44. The van der Waals surface area contributed by atoms with Gasteiger partial charge in [0.2, 0.25) is 5.91 Å². The van der Waals surface area contributed by atoms with E-state index >= 15 is 0 Å². The van der Waals surface area contributed by atoms with Crippen molar-refractivity contribution in [3.63, 3.8) is 0 Å². The van der Waals surface area contributed by atoms with E-state index in [-0.39, 0.29) is 11.7 Å². The average molecular weight is 237 g/mol. The molecule has 2 aliphatic rings. The maximum atomic E-state index is 11.8. The number of piperidine rings is 1. The molecule has 5 nitrogen and oxygen atoms in total. The molecule has 0 saturated carbocycles. The summed E-state index contributed by atoms with van der Waals surface area (Å²) in [5.74, 6) is 0.224. The van der Waals surface area contributed by atoms with Crippen LogP contribution in [0.1, 0.15) is 19.3 Å². The number of ether oxygens (including phenoxy) is 1. The van der Waals surface area contributed by atoms with Gasteiger partial charge in [0.05, 0.1) is 14.2 Å². The number of amides is 1. The fourth-order valence-electron chi connectivity index (χ4n) is 2.41. The zero-order valence-corrected chi connectivity index (χ0v) is 9.93. The second-order valence-electron chi connectivity index (χ2n) is 4.10. The molecule has 1 aliphatic carbocycles. The van der Waals surface area contributed by atoms with E-state index in [0.29, 0.717) is 18.6 Å². The summed E-state index contributed by atoms with van der Waals surface area (Å²) in [6, 6.07) is 0. The Morgan fingerprint density at radius 2 is 2.12 bits per heavy atom. The second-order valence-corrected chi connectivity index (χ2v) is 4.10. The highest BCUT2D eigenvalue weighted by atomic mass is 16.7. The van der Waals surface area contributed by atoms with Gasteiger partial charge in [0.15, 0.2) is 5.78 Å². The Morgan fingerprint density at radius 3 is 2.76 bits per heavy atom. The average Bonchev–Trinajstić information content (AvgIpc) is 2.32. The normalized spacial score (nSPS) is 28.6. The molecule has 0 radical (unpaired) electrons. The van der Waals surface area contributed by atoms with E-state index in [0.717, 1.165) is 6.42 Å². The maximum absolute atomic E-state index is 11.8. The molecule has 0 aromatic carbocycles. The minimum Gasteiger partial charge on any atom is -0.498 e. The van der Waals surface area contributed by atoms with Gasteiger partial charge in [-0.2, -0.15) is 0 Å². The van der Waals surface area contributed by atoms with Crippen LogP contribution in [-0.2, 0) is 19.2 Å². The molecule has 0 aromatic heterocycles. The number of ketones is 1. The zero-order valence-electron chi connectivity index (χ0n) is 9.93. The van der Waals surface area contributed by atoms with Crippen molar-refractivity contribution in [2.24, 2.45) is 0 Å². The summed E-state index contributed by atoms with van der Waals surface area (Å²) >= 11 is 0. The number of allylic oxidation sites excluding steroid dienone is 2. The van der Waals surface area contributed by atoms with Gasteiger partial charge in [-0.05, 0) is 25.0 Å². The highest BCUT2D eigenvalue weighted by Gasteiger charge is 2.47. The van der Waals surface area contributed by atoms with Gasteiger partial charge in [0.1, 0.15) is 11.3 Å². The molecule has 1 unspecified atom stereocenters. The maximum Gasteiger partial charge on any atom is 0.247 e. The van der Waals surface area contributed by atoms with Gasteiger partial charge >= 0.3 is 0 Å². The minimum atomic E-state index is -0.757. The highest BCUT2D eigenvalue weighted by molar-refractivity contribution is 6.01. The predicted molar refractivity (Wildman–Crippen MR) is 59.7 cm³/mol. The number of hydrogen-bond acceptors (Lipinski definition) is 4. The third kappa shape index (κ3) is 1.76. The lowest BCUT2D eigenvalue weighted by molar-refractivity contribution is -0.208. The van der Waals surface area contributed by atoms with E-state index in [4.69, 9.17) is 9.57 Å². The monoisotopic (exact) mass is 237 g/mol. The molecule has 1 fully saturated rings. The SMILES string of the molecule is COC1=CC(=O)C=CC12CCCC(=O)N2OC. The number of carbonyl (C=O) groups excluding carboxylic acids is 2. The third-order valence-electron chi connectivity index (χ3n) is 3.16. The topological polar surface area (TPSA) is 55.8 Å². The van der Waals surface area contributed by atoms with Gasteiger partial charge in [-0.25, -0.2) is 5.06 Å². The van der Waals surface area contributed by atoms with Crippen molar-refractivity contribution in [2.45, 2.75) is 24.8 Å². The van der Waals surface area contributed by atoms with Crippen molar-refractivity contribution < 1.29 is 19.2 Å². The minimum absolute atomic E-state index is 0.0966. The van der Waals surface area contributed by atoms with Crippen LogP contribution in [0.2, 0.25) is 0 Å². The van der Waals surface area contributed by atoms with Crippen LogP contribution >= 0.6 is 0 Å². The first-order valence-electron chi connectivity index (χ1n) is 5.50. The Labute approximate surface area is 99.6 Å². The Kier molecular flexibility index (Phi) is 3.02. The predicted octanol–water partition coefficient (Wildman–Crippen LogP) is 0.968. The van der Waals surface area contributed by atoms with Gasteiger partial charge in [-0.1, -0.05) is 0 Å². The standard InChI is InChI=1S/C12H15NO4/c1-16-10-8-9(14)5-7-12(10)6-3-4-11(15)13(12)17-2/h5,7-8H,3-4,6H2,1-2H3. The molecule has 5 heteroatoms. The van der Waals surface area contributed by atoms with Gasteiger partial charge in [0.25, 0.3) is 0 Å². The largest absolute Gasteiger partial charge is 0.498 e. The van der Waals surface area contributed by atoms with E-state index in [1.54, 1.807) is 6.08 Å². The molecule has 17 heavy (non-hydrogen) atoms.